The Morgan fingerprint density at radius 1 is 1.44 bits per heavy atom. The highest BCUT2D eigenvalue weighted by Crippen LogP contribution is 2.15. The first-order valence-corrected chi connectivity index (χ1v) is 8.90. The molecule has 0 fully saturated rings. The fourth-order valence-corrected chi connectivity index (χ4v) is 2.32. The first-order chi connectivity index (χ1) is 12.6. The molecule has 0 spiro atoms. The summed E-state index contributed by atoms with van der Waals surface area (Å²) in [5.74, 6) is 0. The Morgan fingerprint density at radius 2 is 2.15 bits per heavy atom. The molecular formula is C17H21BrFN5O3. The lowest BCUT2D eigenvalue weighted by Gasteiger charge is -2.20. The van der Waals surface area contributed by atoms with Crippen molar-refractivity contribution in [2.45, 2.75) is 39.8 Å². The fraction of sp³-hybridized carbons (Fsp3) is 0.412. The molecular weight excluding hydrogens is 421 g/mol. The standard InChI is InChI=1S/C17H21BrFN5O3/c1-11-5-13(7-20-14(11)18)23-10-21-24(16(23)26)8-12(6-19)9-27-15(25)22-17(2,3)4/h5-7,10H,8-9H2,1-4H3,(H,22,25)/b12-6-. The Morgan fingerprint density at radius 3 is 2.74 bits per heavy atom. The second-order valence-electron chi connectivity index (χ2n) is 6.96. The Bertz CT molecular complexity index is 914. The summed E-state index contributed by atoms with van der Waals surface area (Å²) in [4.78, 5) is 28.3. The van der Waals surface area contributed by atoms with Crippen molar-refractivity contribution in [2.75, 3.05) is 6.61 Å². The molecule has 146 valence electrons. The quantitative estimate of drug-likeness (QED) is 0.720. The van der Waals surface area contributed by atoms with Gasteiger partial charge in [0.05, 0.1) is 24.8 Å². The highest BCUT2D eigenvalue weighted by Gasteiger charge is 2.16. The van der Waals surface area contributed by atoms with E-state index in [-0.39, 0.29) is 18.7 Å². The van der Waals surface area contributed by atoms with Crippen LogP contribution in [-0.4, -0.2) is 37.6 Å². The van der Waals surface area contributed by atoms with Gasteiger partial charge in [-0.1, -0.05) is 0 Å². The average molecular weight is 442 g/mol. The molecule has 27 heavy (non-hydrogen) atoms. The number of aromatic nitrogens is 4. The van der Waals surface area contributed by atoms with Crippen LogP contribution in [0.15, 0.2) is 39.9 Å². The number of rotatable bonds is 5. The molecule has 0 saturated carbocycles. The Labute approximate surface area is 164 Å². The van der Waals surface area contributed by atoms with Crippen LogP contribution in [0, 0.1) is 6.92 Å². The van der Waals surface area contributed by atoms with Crippen molar-refractivity contribution in [1.82, 2.24) is 24.6 Å². The molecule has 0 saturated heterocycles. The summed E-state index contributed by atoms with van der Waals surface area (Å²) in [6.45, 7) is 6.80. The van der Waals surface area contributed by atoms with Crippen LogP contribution >= 0.6 is 15.9 Å². The van der Waals surface area contributed by atoms with Crippen LogP contribution in [0.2, 0.25) is 0 Å². The fourth-order valence-electron chi connectivity index (χ4n) is 2.10. The van der Waals surface area contributed by atoms with Gasteiger partial charge in [-0.3, -0.25) is 0 Å². The number of ether oxygens (including phenoxy) is 1. The number of hydrogen-bond donors (Lipinski definition) is 1. The maximum atomic E-state index is 13.2. The van der Waals surface area contributed by atoms with Crippen LogP contribution < -0.4 is 11.0 Å². The van der Waals surface area contributed by atoms with Gasteiger partial charge in [-0.25, -0.2) is 28.2 Å². The van der Waals surface area contributed by atoms with Crippen LogP contribution in [0.4, 0.5) is 9.18 Å². The monoisotopic (exact) mass is 441 g/mol. The second-order valence-corrected chi connectivity index (χ2v) is 7.71. The molecule has 0 atom stereocenters. The average Bonchev–Trinajstić information content (AvgIpc) is 2.93. The molecule has 0 aliphatic heterocycles. The summed E-state index contributed by atoms with van der Waals surface area (Å²) in [5, 5.41) is 6.58. The minimum Gasteiger partial charge on any atom is -0.445 e. The molecule has 2 aromatic heterocycles. The maximum absolute atomic E-state index is 13.2. The number of carbonyl (C=O) groups is 1. The van der Waals surface area contributed by atoms with Crippen molar-refractivity contribution in [3.8, 4) is 5.69 Å². The van der Waals surface area contributed by atoms with Crippen molar-refractivity contribution in [2.24, 2.45) is 0 Å². The normalized spacial score (nSPS) is 12.1. The zero-order valence-corrected chi connectivity index (χ0v) is 17.1. The third kappa shape index (κ3) is 5.75. The smallest absolute Gasteiger partial charge is 0.407 e. The Kier molecular flexibility index (Phi) is 6.53. The SMILES string of the molecule is Cc1cc(-n2cnn(C/C(=C/F)COC(=O)NC(C)(C)C)c2=O)cnc1Br. The van der Waals surface area contributed by atoms with Gasteiger partial charge >= 0.3 is 11.8 Å². The van der Waals surface area contributed by atoms with E-state index in [0.717, 1.165) is 10.2 Å². The zero-order chi connectivity index (χ0) is 20.2. The van der Waals surface area contributed by atoms with Gasteiger partial charge in [0, 0.05) is 11.1 Å². The first kappa shape index (κ1) is 20.8. The summed E-state index contributed by atoms with van der Waals surface area (Å²) in [6.07, 6.45) is 2.49. The van der Waals surface area contributed by atoms with Gasteiger partial charge < -0.3 is 10.1 Å². The van der Waals surface area contributed by atoms with Crippen molar-refractivity contribution in [3.63, 3.8) is 0 Å². The maximum Gasteiger partial charge on any atom is 0.407 e. The highest BCUT2D eigenvalue weighted by atomic mass is 79.9. The van der Waals surface area contributed by atoms with E-state index in [1.54, 1.807) is 26.8 Å². The van der Waals surface area contributed by atoms with E-state index in [1.807, 2.05) is 6.92 Å². The molecule has 2 rings (SSSR count). The van der Waals surface area contributed by atoms with E-state index in [9.17, 15) is 14.0 Å². The van der Waals surface area contributed by atoms with Crippen LogP contribution in [0.5, 0.6) is 0 Å². The minimum absolute atomic E-state index is 0.0940. The predicted molar refractivity (Wildman–Crippen MR) is 101 cm³/mol. The lowest BCUT2D eigenvalue weighted by Crippen LogP contribution is -2.41. The van der Waals surface area contributed by atoms with Crippen LogP contribution in [-0.2, 0) is 11.3 Å². The van der Waals surface area contributed by atoms with Gasteiger partial charge in [-0.05, 0) is 55.3 Å². The highest BCUT2D eigenvalue weighted by molar-refractivity contribution is 9.10. The van der Waals surface area contributed by atoms with Gasteiger partial charge in [0.2, 0.25) is 0 Å². The summed E-state index contributed by atoms with van der Waals surface area (Å²) in [7, 11) is 0. The van der Waals surface area contributed by atoms with E-state index in [4.69, 9.17) is 4.74 Å². The van der Waals surface area contributed by atoms with E-state index in [0.29, 0.717) is 16.6 Å². The molecule has 8 nitrogen and oxygen atoms in total. The lowest BCUT2D eigenvalue weighted by atomic mass is 10.1. The second kappa shape index (κ2) is 8.47. The van der Waals surface area contributed by atoms with Gasteiger partial charge in [0.1, 0.15) is 17.5 Å². The van der Waals surface area contributed by atoms with Crippen molar-refractivity contribution in [3.05, 3.63) is 51.1 Å². The van der Waals surface area contributed by atoms with Gasteiger partial charge in [-0.15, -0.1) is 0 Å². The Hall–Kier alpha value is -2.49. The van der Waals surface area contributed by atoms with Crippen LogP contribution in [0.25, 0.3) is 5.69 Å². The number of nitrogens with zero attached hydrogens (tertiary/aromatic N) is 4. The van der Waals surface area contributed by atoms with Crippen molar-refractivity contribution >= 4 is 22.0 Å². The molecule has 0 radical (unpaired) electrons. The van der Waals surface area contributed by atoms with Crippen molar-refractivity contribution < 1.29 is 13.9 Å². The molecule has 0 unspecified atom stereocenters. The third-order valence-electron chi connectivity index (χ3n) is 3.38. The Balaban J connectivity index is 2.08. The van der Waals surface area contributed by atoms with E-state index in [1.165, 1.54) is 17.1 Å². The molecule has 0 aliphatic rings. The van der Waals surface area contributed by atoms with Gasteiger partial charge in [-0.2, -0.15) is 5.10 Å². The minimum atomic E-state index is -0.670. The number of hydrogen-bond acceptors (Lipinski definition) is 5. The summed E-state index contributed by atoms with van der Waals surface area (Å²) in [6, 6.07) is 1.77. The summed E-state index contributed by atoms with van der Waals surface area (Å²) in [5.41, 5.74) is 0.560. The molecule has 0 aliphatic carbocycles. The number of halogens is 2. The largest absolute Gasteiger partial charge is 0.445 e. The number of nitrogens with one attached hydrogen (secondary N) is 1. The van der Waals surface area contributed by atoms with E-state index in [2.05, 4.69) is 31.3 Å². The molecule has 0 aromatic carbocycles. The number of amides is 1. The van der Waals surface area contributed by atoms with Gasteiger partial charge in [0.25, 0.3) is 0 Å². The molecule has 2 aromatic rings. The zero-order valence-electron chi connectivity index (χ0n) is 15.5. The summed E-state index contributed by atoms with van der Waals surface area (Å²) >= 11 is 3.30. The first-order valence-electron chi connectivity index (χ1n) is 8.11. The lowest BCUT2D eigenvalue weighted by molar-refractivity contribution is 0.145. The van der Waals surface area contributed by atoms with E-state index >= 15 is 0 Å². The van der Waals surface area contributed by atoms with E-state index < -0.39 is 17.3 Å². The molecule has 1 N–H and O–H groups in total. The predicted octanol–water partition coefficient (Wildman–Crippen LogP) is 2.88. The van der Waals surface area contributed by atoms with Crippen molar-refractivity contribution in [1.29, 1.82) is 0 Å². The third-order valence-corrected chi connectivity index (χ3v) is 4.21. The number of alkyl carbamates (subject to hydrolysis) is 1. The number of carbonyl (C=O) groups excluding carboxylic acids is 1. The molecule has 0 bridgehead atoms. The topological polar surface area (TPSA) is 91.0 Å². The van der Waals surface area contributed by atoms with Crippen LogP contribution in [0.3, 0.4) is 0 Å². The van der Waals surface area contributed by atoms with Crippen LogP contribution in [0.1, 0.15) is 26.3 Å². The number of pyridine rings is 1. The molecule has 2 heterocycles. The van der Waals surface area contributed by atoms with Gasteiger partial charge in [0.15, 0.2) is 0 Å². The molecule has 10 heteroatoms. The summed E-state index contributed by atoms with van der Waals surface area (Å²) < 4.78 is 21.2. The molecule has 1 amide bonds. The number of aryl methyl sites for hydroxylation is 1.